The van der Waals surface area contributed by atoms with E-state index in [-0.39, 0.29) is 0 Å². The molecule has 0 amide bonds. The Kier molecular flexibility index (Phi) is 6.79. The highest BCUT2D eigenvalue weighted by Gasteiger charge is 2.11. The van der Waals surface area contributed by atoms with Crippen molar-refractivity contribution in [2.45, 2.75) is 26.2 Å². The van der Waals surface area contributed by atoms with Gasteiger partial charge in [-0.15, -0.1) is 0 Å². The average Bonchev–Trinajstić information content (AvgIpc) is 3.05. The molecule has 0 aliphatic heterocycles. The molecule has 0 spiro atoms. The van der Waals surface area contributed by atoms with Gasteiger partial charge in [0, 0.05) is 5.56 Å². The molecule has 3 rings (SSSR count). The molecule has 0 aliphatic rings. The molecule has 7 heteroatoms. The molecule has 140 valence electrons. The zero-order valence-corrected chi connectivity index (χ0v) is 16.6. The van der Waals surface area contributed by atoms with Gasteiger partial charge in [-0.2, -0.15) is 14.9 Å². The van der Waals surface area contributed by atoms with Gasteiger partial charge in [0.2, 0.25) is 4.77 Å². The van der Waals surface area contributed by atoms with E-state index in [2.05, 4.69) is 22.2 Å². The second-order valence-electron chi connectivity index (χ2n) is 6.01. The van der Waals surface area contributed by atoms with Crippen LogP contribution in [0.25, 0.3) is 11.4 Å². The van der Waals surface area contributed by atoms with Crippen LogP contribution >= 0.6 is 23.8 Å². The fourth-order valence-electron chi connectivity index (χ4n) is 2.53. The predicted octanol–water partition coefficient (Wildman–Crippen LogP) is 5.71. The monoisotopic (exact) mass is 400 g/mol. The molecular weight excluding hydrogens is 380 g/mol. The first-order chi connectivity index (χ1) is 13.2. The van der Waals surface area contributed by atoms with Gasteiger partial charge >= 0.3 is 0 Å². The molecule has 0 saturated carbocycles. The van der Waals surface area contributed by atoms with Crippen LogP contribution in [0.1, 0.15) is 31.7 Å². The molecule has 0 aliphatic carbocycles. The van der Waals surface area contributed by atoms with Gasteiger partial charge in [-0.25, -0.2) is 5.10 Å². The molecule has 1 heterocycles. The molecule has 5 nitrogen and oxygen atoms in total. The second kappa shape index (κ2) is 9.48. The van der Waals surface area contributed by atoms with Gasteiger partial charge in [-0.3, -0.25) is 0 Å². The molecule has 0 unspecified atom stereocenters. The number of unbranched alkanes of at least 4 members (excludes halogenated alkanes) is 2. The molecule has 3 aromatic rings. The Morgan fingerprint density at radius 2 is 1.96 bits per heavy atom. The zero-order chi connectivity index (χ0) is 19.1. The Labute approximate surface area is 168 Å². The van der Waals surface area contributed by atoms with Crippen molar-refractivity contribution in [1.82, 2.24) is 14.9 Å². The highest BCUT2D eigenvalue weighted by Crippen LogP contribution is 2.25. The van der Waals surface area contributed by atoms with Crippen molar-refractivity contribution in [3.05, 3.63) is 63.9 Å². The lowest BCUT2D eigenvalue weighted by Crippen LogP contribution is -1.97. The van der Waals surface area contributed by atoms with Crippen LogP contribution < -0.4 is 4.74 Å². The minimum Gasteiger partial charge on any atom is -0.494 e. The Bertz CT molecular complexity index is 963. The molecular formula is C20H21ClN4OS. The molecule has 2 aromatic carbocycles. The minimum atomic E-state index is 0.400. The van der Waals surface area contributed by atoms with Gasteiger partial charge in [-0.05, 0) is 60.6 Å². The quantitative estimate of drug-likeness (QED) is 0.299. The number of H-pyrrole nitrogens is 1. The van der Waals surface area contributed by atoms with Gasteiger partial charge < -0.3 is 4.74 Å². The Morgan fingerprint density at radius 1 is 1.19 bits per heavy atom. The lowest BCUT2D eigenvalue weighted by Gasteiger charge is -2.05. The number of rotatable bonds is 8. The largest absolute Gasteiger partial charge is 0.494 e. The number of nitrogens with zero attached hydrogens (tertiary/aromatic N) is 3. The maximum Gasteiger partial charge on any atom is 0.216 e. The number of halogens is 1. The second-order valence-corrected chi connectivity index (χ2v) is 6.81. The highest BCUT2D eigenvalue weighted by atomic mass is 35.5. The van der Waals surface area contributed by atoms with Crippen LogP contribution in [0.15, 0.2) is 53.6 Å². The molecule has 0 atom stereocenters. The summed E-state index contributed by atoms with van der Waals surface area (Å²) in [5.74, 6) is 1.43. The number of benzene rings is 2. The first kappa shape index (κ1) is 19.3. The normalized spacial score (nSPS) is 11.2. The van der Waals surface area contributed by atoms with E-state index >= 15 is 0 Å². The van der Waals surface area contributed by atoms with Crippen LogP contribution in [0.5, 0.6) is 5.75 Å². The third kappa shape index (κ3) is 5.05. The smallest absolute Gasteiger partial charge is 0.216 e. The maximum absolute atomic E-state index is 6.27. The third-order valence-corrected chi connectivity index (χ3v) is 4.58. The number of hydrogen-bond acceptors (Lipinski definition) is 4. The standard InChI is InChI=1S/C20H21ClN4OS/c1-2-3-6-13-26-16-11-9-15(10-12-16)14-22-25-19(23-24-20(25)27)17-7-4-5-8-18(17)21/h4-5,7-12,14H,2-3,6,13H2,1H3,(H,24,27)/b22-14-. The lowest BCUT2D eigenvalue weighted by molar-refractivity contribution is 0.306. The molecule has 1 aromatic heterocycles. The predicted molar refractivity (Wildman–Crippen MR) is 112 cm³/mol. The van der Waals surface area contributed by atoms with Crippen LogP contribution in [-0.2, 0) is 0 Å². The van der Waals surface area contributed by atoms with Crippen LogP contribution in [0.2, 0.25) is 5.02 Å². The Balaban J connectivity index is 1.74. The molecule has 0 radical (unpaired) electrons. The van der Waals surface area contributed by atoms with E-state index < -0.39 is 0 Å². The molecule has 27 heavy (non-hydrogen) atoms. The summed E-state index contributed by atoms with van der Waals surface area (Å²) in [5.41, 5.74) is 1.70. The third-order valence-electron chi connectivity index (χ3n) is 3.98. The summed E-state index contributed by atoms with van der Waals surface area (Å²) in [4.78, 5) is 0. The maximum atomic E-state index is 6.27. The molecule has 0 fully saturated rings. The molecule has 0 bridgehead atoms. The van der Waals surface area contributed by atoms with Crippen molar-refractivity contribution >= 4 is 30.0 Å². The number of ether oxygens (including phenoxy) is 1. The number of aromatic nitrogens is 3. The highest BCUT2D eigenvalue weighted by molar-refractivity contribution is 7.71. The van der Waals surface area contributed by atoms with E-state index in [0.29, 0.717) is 15.6 Å². The summed E-state index contributed by atoms with van der Waals surface area (Å²) < 4.78 is 7.69. The van der Waals surface area contributed by atoms with E-state index in [1.807, 2.05) is 48.5 Å². The first-order valence-corrected chi connectivity index (χ1v) is 9.67. The van der Waals surface area contributed by atoms with Crippen LogP contribution in [-0.4, -0.2) is 27.7 Å². The summed E-state index contributed by atoms with van der Waals surface area (Å²) in [6, 6.07) is 15.2. The van der Waals surface area contributed by atoms with Crippen molar-refractivity contribution in [3.63, 3.8) is 0 Å². The van der Waals surface area contributed by atoms with Gasteiger partial charge in [0.05, 0.1) is 17.8 Å². The van der Waals surface area contributed by atoms with Gasteiger partial charge in [-0.1, -0.05) is 43.5 Å². The van der Waals surface area contributed by atoms with Crippen molar-refractivity contribution in [3.8, 4) is 17.1 Å². The number of aromatic amines is 1. The SMILES string of the molecule is CCCCCOc1ccc(/C=N\n2c(-c3ccccc3Cl)n[nH]c2=S)cc1. The van der Waals surface area contributed by atoms with E-state index in [1.54, 1.807) is 10.9 Å². The zero-order valence-electron chi connectivity index (χ0n) is 15.1. The van der Waals surface area contributed by atoms with E-state index in [4.69, 9.17) is 28.6 Å². The van der Waals surface area contributed by atoms with Crippen LogP contribution in [0, 0.1) is 4.77 Å². The number of hydrogen-bond donors (Lipinski definition) is 1. The first-order valence-electron chi connectivity index (χ1n) is 8.88. The van der Waals surface area contributed by atoms with E-state index in [9.17, 15) is 0 Å². The van der Waals surface area contributed by atoms with Crippen LogP contribution in [0.4, 0.5) is 0 Å². The fourth-order valence-corrected chi connectivity index (χ4v) is 2.93. The Morgan fingerprint density at radius 3 is 2.70 bits per heavy atom. The van der Waals surface area contributed by atoms with Crippen LogP contribution in [0.3, 0.4) is 0 Å². The van der Waals surface area contributed by atoms with Crippen molar-refractivity contribution in [1.29, 1.82) is 0 Å². The summed E-state index contributed by atoms with van der Waals surface area (Å²) in [6.07, 6.45) is 5.17. The van der Waals surface area contributed by atoms with Gasteiger partial charge in [0.25, 0.3) is 0 Å². The van der Waals surface area contributed by atoms with Crippen molar-refractivity contribution in [2.75, 3.05) is 6.61 Å². The number of nitrogens with one attached hydrogen (secondary N) is 1. The van der Waals surface area contributed by atoms with Gasteiger partial charge in [0.15, 0.2) is 5.82 Å². The molecule has 0 saturated heterocycles. The van der Waals surface area contributed by atoms with E-state index in [0.717, 1.165) is 29.9 Å². The summed E-state index contributed by atoms with van der Waals surface area (Å²) >= 11 is 11.6. The van der Waals surface area contributed by atoms with Gasteiger partial charge in [0.1, 0.15) is 5.75 Å². The minimum absolute atomic E-state index is 0.400. The van der Waals surface area contributed by atoms with Crippen molar-refractivity contribution in [2.24, 2.45) is 5.10 Å². The fraction of sp³-hybridized carbons (Fsp3) is 0.250. The summed E-state index contributed by atoms with van der Waals surface area (Å²) in [5, 5.41) is 12.1. The lowest BCUT2D eigenvalue weighted by atomic mass is 10.2. The summed E-state index contributed by atoms with van der Waals surface area (Å²) in [7, 11) is 0. The topological polar surface area (TPSA) is 55.2 Å². The average molecular weight is 401 g/mol. The van der Waals surface area contributed by atoms with E-state index in [1.165, 1.54) is 12.8 Å². The molecule has 1 N–H and O–H groups in total. The van der Waals surface area contributed by atoms with Crippen molar-refractivity contribution < 1.29 is 4.74 Å². The Hall–Kier alpha value is -2.44. The summed E-state index contributed by atoms with van der Waals surface area (Å²) in [6.45, 7) is 2.92.